The summed E-state index contributed by atoms with van der Waals surface area (Å²) in [6, 6.07) is 15.1. The number of carbonyl (C=O) groups is 1. The normalized spacial score (nSPS) is 11.9. The number of esters is 1. The lowest BCUT2D eigenvalue weighted by Gasteiger charge is -2.10. The van der Waals surface area contributed by atoms with Gasteiger partial charge in [0.25, 0.3) is 0 Å². The van der Waals surface area contributed by atoms with E-state index in [9.17, 15) is 13.2 Å². The first-order valence-corrected chi connectivity index (χ1v) is 11.2. The van der Waals surface area contributed by atoms with E-state index in [0.29, 0.717) is 24.3 Å². The van der Waals surface area contributed by atoms with Crippen LogP contribution in [0.25, 0.3) is 21.9 Å². The van der Waals surface area contributed by atoms with E-state index in [2.05, 4.69) is 9.82 Å². The minimum Gasteiger partial charge on any atom is -0.464 e. The molecule has 9 nitrogen and oxygen atoms in total. The van der Waals surface area contributed by atoms with Crippen molar-refractivity contribution in [3.05, 3.63) is 60.0 Å². The molecule has 0 atom stereocenters. The van der Waals surface area contributed by atoms with Crippen molar-refractivity contribution in [3.63, 3.8) is 0 Å². The van der Waals surface area contributed by atoms with Crippen LogP contribution in [-0.4, -0.2) is 53.6 Å². The van der Waals surface area contributed by atoms with Crippen molar-refractivity contribution in [2.24, 2.45) is 0 Å². The minimum atomic E-state index is -3.29. The third-order valence-corrected chi connectivity index (χ3v) is 5.49. The molecule has 0 radical (unpaired) electrons. The van der Waals surface area contributed by atoms with Gasteiger partial charge in [-0.25, -0.2) is 22.9 Å². The van der Waals surface area contributed by atoms with Gasteiger partial charge in [-0.1, -0.05) is 30.3 Å². The summed E-state index contributed by atoms with van der Waals surface area (Å²) in [5, 5.41) is 5.16. The molecule has 0 amide bonds. The average Bonchev–Trinajstić information content (AvgIpc) is 3.26. The molecule has 2 heterocycles. The maximum Gasteiger partial charge on any atom is 0.359 e. The summed E-state index contributed by atoms with van der Waals surface area (Å²) in [7, 11) is -1.97. The molecular weight excluding hydrogens is 406 g/mol. The van der Waals surface area contributed by atoms with Gasteiger partial charge < -0.3 is 9.30 Å². The maximum absolute atomic E-state index is 12.2. The highest BCUT2D eigenvalue weighted by Crippen LogP contribution is 2.22. The van der Waals surface area contributed by atoms with Crippen LogP contribution >= 0.6 is 0 Å². The number of methoxy groups -OCH3 is 1. The van der Waals surface area contributed by atoms with Gasteiger partial charge >= 0.3 is 5.97 Å². The molecule has 0 fully saturated rings. The molecule has 0 aliphatic rings. The number of nitrogens with zero attached hydrogens (tertiary/aromatic N) is 4. The Morgan fingerprint density at radius 1 is 1.10 bits per heavy atom. The predicted octanol–water partition coefficient (Wildman–Crippen LogP) is 1.77. The predicted molar refractivity (Wildman–Crippen MR) is 113 cm³/mol. The van der Waals surface area contributed by atoms with E-state index in [-0.39, 0.29) is 12.2 Å². The smallest absolute Gasteiger partial charge is 0.359 e. The summed E-state index contributed by atoms with van der Waals surface area (Å²) in [5.41, 5.74) is 2.73. The number of rotatable bonds is 7. The molecule has 156 valence electrons. The Morgan fingerprint density at radius 2 is 1.80 bits per heavy atom. The number of para-hydroxylation sites is 3. The van der Waals surface area contributed by atoms with Crippen LogP contribution in [0.15, 0.2) is 48.5 Å². The Morgan fingerprint density at radius 3 is 2.53 bits per heavy atom. The standard InChI is InChI=1S/C20H21N5O4S/c1-29-20(26)19-14-7-3-5-9-16(14)25(23-19)13-18-22-15-8-4-6-10-17(15)24(18)12-11-21-30(2,27)28/h3-10,21H,11-13H2,1-2H3. The van der Waals surface area contributed by atoms with E-state index in [1.807, 2.05) is 53.1 Å². The molecule has 10 heteroatoms. The van der Waals surface area contributed by atoms with Gasteiger partial charge in [0.1, 0.15) is 5.82 Å². The van der Waals surface area contributed by atoms with Crippen LogP contribution < -0.4 is 4.72 Å². The van der Waals surface area contributed by atoms with E-state index < -0.39 is 16.0 Å². The maximum atomic E-state index is 12.2. The zero-order valence-electron chi connectivity index (χ0n) is 16.6. The Kier molecular flexibility index (Phi) is 5.27. The molecule has 0 saturated heterocycles. The van der Waals surface area contributed by atoms with Gasteiger partial charge in [0.05, 0.1) is 36.5 Å². The fourth-order valence-electron chi connectivity index (χ4n) is 3.47. The summed E-state index contributed by atoms with van der Waals surface area (Å²) < 4.78 is 33.9. The molecule has 2 aromatic carbocycles. The summed E-state index contributed by atoms with van der Waals surface area (Å²) >= 11 is 0. The van der Waals surface area contributed by atoms with Crippen molar-refractivity contribution in [2.75, 3.05) is 19.9 Å². The van der Waals surface area contributed by atoms with Crippen molar-refractivity contribution in [3.8, 4) is 0 Å². The van der Waals surface area contributed by atoms with Gasteiger partial charge in [-0.3, -0.25) is 4.68 Å². The number of aromatic nitrogens is 4. The van der Waals surface area contributed by atoms with Gasteiger partial charge in [-0.2, -0.15) is 5.10 Å². The number of benzene rings is 2. The number of ether oxygens (including phenoxy) is 1. The van der Waals surface area contributed by atoms with Gasteiger partial charge in [-0.05, 0) is 18.2 Å². The molecule has 1 N–H and O–H groups in total. The van der Waals surface area contributed by atoms with Crippen molar-refractivity contribution in [2.45, 2.75) is 13.1 Å². The second kappa shape index (κ2) is 7.88. The van der Waals surface area contributed by atoms with Crippen molar-refractivity contribution in [1.29, 1.82) is 0 Å². The fourth-order valence-corrected chi connectivity index (χ4v) is 3.93. The number of hydrogen-bond acceptors (Lipinski definition) is 6. The summed E-state index contributed by atoms with van der Waals surface area (Å²) in [4.78, 5) is 16.9. The van der Waals surface area contributed by atoms with E-state index >= 15 is 0 Å². The summed E-state index contributed by atoms with van der Waals surface area (Å²) in [5.74, 6) is 0.201. The van der Waals surface area contributed by atoms with Crippen LogP contribution in [0.1, 0.15) is 16.3 Å². The van der Waals surface area contributed by atoms with Crippen LogP contribution in [0.2, 0.25) is 0 Å². The molecule has 0 saturated carbocycles. The largest absolute Gasteiger partial charge is 0.464 e. The van der Waals surface area contributed by atoms with Crippen molar-refractivity contribution < 1.29 is 17.9 Å². The molecule has 0 bridgehead atoms. The van der Waals surface area contributed by atoms with Crippen molar-refractivity contribution in [1.82, 2.24) is 24.1 Å². The molecule has 4 aromatic rings. The number of carbonyl (C=O) groups excluding carboxylic acids is 1. The quantitative estimate of drug-likeness (QED) is 0.451. The molecular formula is C20H21N5O4S. The van der Waals surface area contributed by atoms with Crippen LogP contribution in [-0.2, 0) is 27.8 Å². The number of hydrogen-bond donors (Lipinski definition) is 1. The highest BCUT2D eigenvalue weighted by atomic mass is 32.2. The first-order valence-electron chi connectivity index (χ1n) is 9.30. The number of nitrogens with one attached hydrogen (secondary N) is 1. The topological polar surface area (TPSA) is 108 Å². The lowest BCUT2D eigenvalue weighted by atomic mass is 10.2. The average molecular weight is 427 g/mol. The number of imidazole rings is 1. The minimum absolute atomic E-state index is 0.236. The van der Waals surface area contributed by atoms with Gasteiger partial charge in [-0.15, -0.1) is 0 Å². The Hall–Kier alpha value is -3.24. The molecule has 30 heavy (non-hydrogen) atoms. The first kappa shape index (κ1) is 20.0. The lowest BCUT2D eigenvalue weighted by molar-refractivity contribution is 0.0595. The molecule has 0 unspecified atom stereocenters. The summed E-state index contributed by atoms with van der Waals surface area (Å²) in [6.07, 6.45) is 1.13. The van der Waals surface area contributed by atoms with Crippen LogP contribution in [0.4, 0.5) is 0 Å². The van der Waals surface area contributed by atoms with E-state index in [1.54, 1.807) is 4.68 Å². The highest BCUT2D eigenvalue weighted by Gasteiger charge is 2.19. The monoisotopic (exact) mass is 427 g/mol. The second-order valence-corrected chi connectivity index (χ2v) is 8.68. The third kappa shape index (κ3) is 3.91. The lowest BCUT2D eigenvalue weighted by Crippen LogP contribution is -2.26. The summed E-state index contributed by atoms with van der Waals surface area (Å²) in [6.45, 7) is 0.955. The van der Waals surface area contributed by atoms with E-state index in [0.717, 1.165) is 22.8 Å². The zero-order chi connectivity index (χ0) is 21.3. The second-order valence-electron chi connectivity index (χ2n) is 6.85. The van der Waals surface area contributed by atoms with Crippen LogP contribution in [0, 0.1) is 0 Å². The molecule has 4 rings (SSSR count). The third-order valence-electron chi connectivity index (χ3n) is 4.76. The zero-order valence-corrected chi connectivity index (χ0v) is 17.4. The number of sulfonamides is 1. The Bertz CT molecular complexity index is 1340. The van der Waals surface area contributed by atoms with Crippen LogP contribution in [0.5, 0.6) is 0 Å². The highest BCUT2D eigenvalue weighted by molar-refractivity contribution is 7.88. The van der Waals surface area contributed by atoms with Gasteiger partial charge in [0, 0.05) is 18.5 Å². The Labute approximate surface area is 173 Å². The van der Waals surface area contributed by atoms with Gasteiger partial charge in [0.2, 0.25) is 10.0 Å². The van der Waals surface area contributed by atoms with E-state index in [1.165, 1.54) is 7.11 Å². The van der Waals surface area contributed by atoms with Crippen LogP contribution in [0.3, 0.4) is 0 Å². The fraction of sp³-hybridized carbons (Fsp3) is 0.250. The molecule has 0 spiro atoms. The molecule has 2 aromatic heterocycles. The van der Waals surface area contributed by atoms with Gasteiger partial charge in [0.15, 0.2) is 5.69 Å². The van der Waals surface area contributed by atoms with E-state index in [4.69, 9.17) is 9.72 Å². The van der Waals surface area contributed by atoms with Crippen molar-refractivity contribution >= 4 is 37.9 Å². The molecule has 0 aliphatic carbocycles. The first-order chi connectivity index (χ1) is 14.4. The SMILES string of the molecule is COC(=O)c1nn(Cc2nc3ccccc3n2CCNS(C)(=O)=O)c2ccccc12. The Balaban J connectivity index is 1.75. The number of fused-ring (bicyclic) bond motifs is 2. The molecule has 0 aliphatic heterocycles.